The van der Waals surface area contributed by atoms with Gasteiger partial charge in [-0.1, -0.05) is 18.2 Å². The molecule has 1 saturated heterocycles. The third-order valence-corrected chi connectivity index (χ3v) is 4.90. The summed E-state index contributed by atoms with van der Waals surface area (Å²) in [5, 5.41) is 9.99. The highest BCUT2D eigenvalue weighted by atomic mass is 19.1. The predicted molar refractivity (Wildman–Crippen MR) is 98.0 cm³/mol. The van der Waals surface area contributed by atoms with Crippen molar-refractivity contribution in [3.63, 3.8) is 0 Å². The molecule has 3 rings (SSSR count). The lowest BCUT2D eigenvalue weighted by Crippen LogP contribution is -2.50. The van der Waals surface area contributed by atoms with Gasteiger partial charge in [0.25, 0.3) is 0 Å². The molecule has 0 bridgehead atoms. The highest BCUT2D eigenvalue weighted by Crippen LogP contribution is 2.37. The SMILES string of the molecule is CN(C)c1nccnc1N1CCC[C@](Cc2ccccc2F)(C(=O)O)C1. The lowest BCUT2D eigenvalue weighted by molar-refractivity contribution is -0.149. The smallest absolute Gasteiger partial charge is 0.311 e. The maximum atomic E-state index is 14.1. The summed E-state index contributed by atoms with van der Waals surface area (Å²) < 4.78 is 14.1. The first-order chi connectivity index (χ1) is 12.4. The molecule has 0 amide bonds. The van der Waals surface area contributed by atoms with Crippen molar-refractivity contribution in [2.75, 3.05) is 37.0 Å². The third kappa shape index (κ3) is 3.47. The van der Waals surface area contributed by atoms with E-state index in [9.17, 15) is 14.3 Å². The number of hydrogen-bond donors (Lipinski definition) is 1. The molecule has 2 heterocycles. The molecule has 1 fully saturated rings. The number of nitrogens with zero attached hydrogens (tertiary/aromatic N) is 4. The van der Waals surface area contributed by atoms with E-state index in [2.05, 4.69) is 9.97 Å². The second kappa shape index (κ2) is 7.27. The summed E-state index contributed by atoms with van der Waals surface area (Å²) in [6, 6.07) is 6.38. The molecule has 1 aliphatic heterocycles. The fourth-order valence-electron chi connectivity index (χ4n) is 3.58. The average Bonchev–Trinajstić information content (AvgIpc) is 2.64. The largest absolute Gasteiger partial charge is 0.481 e. The second-order valence-electron chi connectivity index (χ2n) is 6.98. The van der Waals surface area contributed by atoms with Crippen LogP contribution in [-0.4, -0.2) is 48.2 Å². The second-order valence-corrected chi connectivity index (χ2v) is 6.98. The van der Waals surface area contributed by atoms with Gasteiger partial charge >= 0.3 is 5.97 Å². The Balaban J connectivity index is 1.94. The fourth-order valence-corrected chi connectivity index (χ4v) is 3.58. The number of aliphatic carboxylic acids is 1. The number of rotatable bonds is 5. The van der Waals surface area contributed by atoms with Crippen molar-refractivity contribution in [1.82, 2.24) is 9.97 Å². The number of carboxylic acid groups (broad SMARTS) is 1. The molecule has 1 aromatic carbocycles. The van der Waals surface area contributed by atoms with Crippen LogP contribution >= 0.6 is 0 Å². The number of carboxylic acids is 1. The molecule has 2 aromatic rings. The first-order valence-electron chi connectivity index (χ1n) is 8.63. The molecule has 0 spiro atoms. The van der Waals surface area contributed by atoms with Gasteiger partial charge in [-0.05, 0) is 30.9 Å². The van der Waals surface area contributed by atoms with E-state index in [0.717, 1.165) is 0 Å². The van der Waals surface area contributed by atoms with Crippen LogP contribution in [0, 0.1) is 11.2 Å². The van der Waals surface area contributed by atoms with Crippen LogP contribution in [0.5, 0.6) is 0 Å². The van der Waals surface area contributed by atoms with Crippen molar-refractivity contribution in [2.24, 2.45) is 5.41 Å². The van der Waals surface area contributed by atoms with E-state index in [1.165, 1.54) is 6.07 Å². The molecule has 6 nitrogen and oxygen atoms in total. The van der Waals surface area contributed by atoms with E-state index < -0.39 is 11.4 Å². The van der Waals surface area contributed by atoms with Crippen molar-refractivity contribution in [1.29, 1.82) is 0 Å². The van der Waals surface area contributed by atoms with E-state index in [1.807, 2.05) is 23.9 Å². The van der Waals surface area contributed by atoms with Crippen molar-refractivity contribution in [3.8, 4) is 0 Å². The van der Waals surface area contributed by atoms with Crippen LogP contribution in [0.15, 0.2) is 36.7 Å². The minimum absolute atomic E-state index is 0.156. The number of anilines is 2. The molecule has 1 aliphatic rings. The van der Waals surface area contributed by atoms with Crippen LogP contribution in [0.4, 0.5) is 16.0 Å². The van der Waals surface area contributed by atoms with Gasteiger partial charge in [-0.15, -0.1) is 0 Å². The number of halogens is 1. The Morgan fingerprint density at radius 3 is 2.73 bits per heavy atom. The topological polar surface area (TPSA) is 69.6 Å². The summed E-state index contributed by atoms with van der Waals surface area (Å²) in [7, 11) is 3.75. The van der Waals surface area contributed by atoms with Gasteiger partial charge in [-0.2, -0.15) is 0 Å². The van der Waals surface area contributed by atoms with Crippen molar-refractivity contribution < 1.29 is 14.3 Å². The summed E-state index contributed by atoms with van der Waals surface area (Å²) in [5.74, 6) is 0.0930. The van der Waals surface area contributed by atoms with Gasteiger partial charge in [0.2, 0.25) is 0 Å². The Morgan fingerprint density at radius 2 is 2.04 bits per heavy atom. The zero-order valence-electron chi connectivity index (χ0n) is 15.0. The van der Waals surface area contributed by atoms with Gasteiger partial charge in [-0.25, -0.2) is 14.4 Å². The molecule has 1 atom stereocenters. The minimum atomic E-state index is -1.05. The number of carbonyl (C=O) groups is 1. The molecule has 1 aromatic heterocycles. The fraction of sp³-hybridized carbons (Fsp3) is 0.421. The third-order valence-electron chi connectivity index (χ3n) is 4.90. The first kappa shape index (κ1) is 18.1. The minimum Gasteiger partial charge on any atom is -0.481 e. The summed E-state index contributed by atoms with van der Waals surface area (Å²) in [6.45, 7) is 0.974. The Hall–Kier alpha value is -2.70. The predicted octanol–water partition coefficient (Wildman–Crippen LogP) is 2.60. The first-order valence-corrected chi connectivity index (χ1v) is 8.63. The van der Waals surface area contributed by atoms with Gasteiger partial charge in [0.1, 0.15) is 5.82 Å². The number of piperidine rings is 1. The van der Waals surface area contributed by atoms with Crippen LogP contribution in [0.2, 0.25) is 0 Å². The van der Waals surface area contributed by atoms with Crippen molar-refractivity contribution in [2.45, 2.75) is 19.3 Å². The van der Waals surface area contributed by atoms with Crippen LogP contribution in [0.1, 0.15) is 18.4 Å². The van der Waals surface area contributed by atoms with E-state index in [4.69, 9.17) is 0 Å². The van der Waals surface area contributed by atoms with E-state index >= 15 is 0 Å². The van der Waals surface area contributed by atoms with Crippen molar-refractivity contribution in [3.05, 3.63) is 48.0 Å². The van der Waals surface area contributed by atoms with Crippen LogP contribution in [-0.2, 0) is 11.2 Å². The number of aromatic nitrogens is 2. The van der Waals surface area contributed by atoms with Crippen LogP contribution in [0.3, 0.4) is 0 Å². The molecule has 0 saturated carbocycles. The molecule has 0 aliphatic carbocycles. The molecule has 138 valence electrons. The van der Waals surface area contributed by atoms with Crippen molar-refractivity contribution >= 4 is 17.6 Å². The standard InChI is InChI=1S/C19H23FN4O2/c1-23(2)16-17(22-10-9-21-16)24-11-5-8-19(13-24,18(25)26)12-14-6-3-4-7-15(14)20/h3-4,6-7,9-10H,5,8,11-13H2,1-2H3,(H,25,26)/t19-/m1/s1. The molecular weight excluding hydrogens is 335 g/mol. The molecule has 7 heteroatoms. The van der Waals surface area contributed by atoms with Gasteiger partial charge in [0.15, 0.2) is 11.6 Å². The van der Waals surface area contributed by atoms with Crippen LogP contribution < -0.4 is 9.80 Å². The van der Waals surface area contributed by atoms with Gasteiger partial charge in [0.05, 0.1) is 5.41 Å². The monoisotopic (exact) mass is 358 g/mol. The molecular formula is C19H23FN4O2. The summed E-state index contributed by atoms with van der Waals surface area (Å²) in [6.07, 6.45) is 4.58. The van der Waals surface area contributed by atoms with Gasteiger partial charge in [-0.3, -0.25) is 4.79 Å². The lowest BCUT2D eigenvalue weighted by atomic mass is 9.75. The molecule has 0 radical (unpaired) electrons. The molecule has 1 N–H and O–H groups in total. The zero-order valence-corrected chi connectivity index (χ0v) is 15.0. The zero-order chi connectivity index (χ0) is 18.7. The highest BCUT2D eigenvalue weighted by Gasteiger charge is 2.43. The highest BCUT2D eigenvalue weighted by molar-refractivity contribution is 5.77. The normalized spacial score (nSPS) is 20.0. The maximum absolute atomic E-state index is 14.1. The van der Waals surface area contributed by atoms with E-state index in [-0.39, 0.29) is 18.8 Å². The van der Waals surface area contributed by atoms with E-state index in [1.54, 1.807) is 30.6 Å². The molecule has 0 unspecified atom stereocenters. The maximum Gasteiger partial charge on any atom is 0.311 e. The summed E-state index contributed by atoms with van der Waals surface area (Å²) in [4.78, 5) is 24.8. The average molecular weight is 358 g/mol. The molecule has 26 heavy (non-hydrogen) atoms. The summed E-state index contributed by atoms with van der Waals surface area (Å²) in [5.41, 5.74) is -0.620. The Bertz CT molecular complexity index is 799. The van der Waals surface area contributed by atoms with E-state index in [0.29, 0.717) is 36.6 Å². The Kier molecular flexibility index (Phi) is 5.06. The number of hydrogen-bond acceptors (Lipinski definition) is 5. The van der Waals surface area contributed by atoms with Gasteiger partial charge < -0.3 is 14.9 Å². The van der Waals surface area contributed by atoms with Crippen LogP contribution in [0.25, 0.3) is 0 Å². The quantitative estimate of drug-likeness (QED) is 0.886. The summed E-state index contributed by atoms with van der Waals surface area (Å²) >= 11 is 0. The number of benzene rings is 1. The Morgan fingerprint density at radius 1 is 1.31 bits per heavy atom. The van der Waals surface area contributed by atoms with Gasteiger partial charge in [0, 0.05) is 39.6 Å². The Labute approximate surface area is 152 Å². The lowest BCUT2D eigenvalue weighted by Gasteiger charge is -2.41.